The van der Waals surface area contributed by atoms with Gasteiger partial charge in [-0.2, -0.15) is 0 Å². The van der Waals surface area contributed by atoms with E-state index < -0.39 is 11.2 Å². The summed E-state index contributed by atoms with van der Waals surface area (Å²) < 4.78 is 13.9. The van der Waals surface area contributed by atoms with E-state index in [1.165, 1.54) is 4.57 Å². The Hall–Kier alpha value is -3.56. The first-order chi connectivity index (χ1) is 16.9. The molecule has 10 nitrogen and oxygen atoms in total. The Bertz CT molecular complexity index is 1250. The fourth-order valence-corrected chi connectivity index (χ4v) is 4.02. The van der Waals surface area contributed by atoms with Crippen molar-refractivity contribution in [3.05, 3.63) is 44.9 Å². The van der Waals surface area contributed by atoms with Crippen molar-refractivity contribution in [1.82, 2.24) is 19.1 Å². The molecule has 1 aromatic carbocycles. The topological polar surface area (TPSA) is 120 Å². The SMILES string of the molecule is CCCCCn1c(CCC(=O)Nc2cc(OC)cc(OC)c2)nc2c1c(=O)[nH]c(=O)n2CCCC. The molecule has 0 radical (unpaired) electrons. The predicted molar refractivity (Wildman–Crippen MR) is 136 cm³/mol. The summed E-state index contributed by atoms with van der Waals surface area (Å²) >= 11 is 0. The monoisotopic (exact) mass is 485 g/mol. The van der Waals surface area contributed by atoms with Crippen molar-refractivity contribution in [2.24, 2.45) is 0 Å². The zero-order valence-electron chi connectivity index (χ0n) is 21.0. The van der Waals surface area contributed by atoms with Crippen molar-refractivity contribution in [1.29, 1.82) is 0 Å². The molecule has 0 saturated heterocycles. The van der Waals surface area contributed by atoms with Gasteiger partial charge in [0.1, 0.15) is 17.3 Å². The van der Waals surface area contributed by atoms with E-state index in [4.69, 9.17) is 9.47 Å². The quantitative estimate of drug-likeness (QED) is 0.358. The van der Waals surface area contributed by atoms with Crippen LogP contribution in [0.1, 0.15) is 58.2 Å². The van der Waals surface area contributed by atoms with E-state index in [-0.39, 0.29) is 12.3 Å². The summed E-state index contributed by atoms with van der Waals surface area (Å²) in [5, 5.41) is 2.87. The van der Waals surface area contributed by atoms with Crippen molar-refractivity contribution in [3.63, 3.8) is 0 Å². The van der Waals surface area contributed by atoms with Crippen LogP contribution >= 0.6 is 0 Å². The van der Waals surface area contributed by atoms with Gasteiger partial charge in [0, 0.05) is 49.8 Å². The lowest BCUT2D eigenvalue weighted by molar-refractivity contribution is -0.116. The number of hydrogen-bond acceptors (Lipinski definition) is 6. The summed E-state index contributed by atoms with van der Waals surface area (Å²) in [5.74, 6) is 1.56. The molecule has 2 heterocycles. The molecule has 0 unspecified atom stereocenters. The summed E-state index contributed by atoms with van der Waals surface area (Å²) in [6, 6.07) is 5.16. The van der Waals surface area contributed by atoms with Crippen LogP contribution in [0, 0.1) is 0 Å². The van der Waals surface area contributed by atoms with Crippen molar-refractivity contribution < 1.29 is 14.3 Å². The third-order valence-electron chi connectivity index (χ3n) is 5.90. The Balaban J connectivity index is 1.88. The minimum atomic E-state index is -0.453. The number of aryl methyl sites for hydroxylation is 3. The lowest BCUT2D eigenvalue weighted by Gasteiger charge is -2.11. The largest absolute Gasteiger partial charge is 0.497 e. The van der Waals surface area contributed by atoms with Gasteiger partial charge in [0.15, 0.2) is 11.2 Å². The number of anilines is 1. The first-order valence-corrected chi connectivity index (χ1v) is 12.2. The molecule has 35 heavy (non-hydrogen) atoms. The van der Waals surface area contributed by atoms with Crippen LogP contribution in [0.25, 0.3) is 11.2 Å². The molecule has 2 N–H and O–H groups in total. The van der Waals surface area contributed by atoms with Crippen LogP contribution in [-0.2, 0) is 24.3 Å². The van der Waals surface area contributed by atoms with Gasteiger partial charge >= 0.3 is 5.69 Å². The number of benzene rings is 1. The maximum atomic E-state index is 12.8. The number of H-pyrrole nitrogens is 1. The normalized spacial score (nSPS) is 11.1. The molecule has 0 spiro atoms. The van der Waals surface area contributed by atoms with Gasteiger partial charge < -0.3 is 19.4 Å². The van der Waals surface area contributed by atoms with Gasteiger partial charge in [0.25, 0.3) is 5.56 Å². The molecule has 0 aliphatic carbocycles. The lowest BCUT2D eigenvalue weighted by atomic mass is 10.2. The summed E-state index contributed by atoms with van der Waals surface area (Å²) in [7, 11) is 3.09. The highest BCUT2D eigenvalue weighted by atomic mass is 16.5. The number of imidazole rings is 1. The molecule has 1 amide bonds. The molecule has 3 rings (SSSR count). The molecule has 0 saturated carbocycles. The Morgan fingerprint density at radius 1 is 0.971 bits per heavy atom. The van der Waals surface area contributed by atoms with Crippen molar-refractivity contribution in [3.8, 4) is 11.5 Å². The van der Waals surface area contributed by atoms with Gasteiger partial charge in [-0.25, -0.2) is 9.78 Å². The number of methoxy groups -OCH3 is 2. The van der Waals surface area contributed by atoms with Gasteiger partial charge in [-0.15, -0.1) is 0 Å². The number of fused-ring (bicyclic) bond motifs is 1. The van der Waals surface area contributed by atoms with Gasteiger partial charge in [-0.05, 0) is 12.8 Å². The fourth-order valence-electron chi connectivity index (χ4n) is 4.02. The predicted octanol–water partition coefficient (Wildman–Crippen LogP) is 3.47. The van der Waals surface area contributed by atoms with Crippen molar-refractivity contribution >= 4 is 22.8 Å². The second kappa shape index (κ2) is 12.2. The zero-order chi connectivity index (χ0) is 25.4. The Morgan fingerprint density at radius 3 is 2.26 bits per heavy atom. The van der Waals surface area contributed by atoms with Gasteiger partial charge in [-0.1, -0.05) is 33.1 Å². The first-order valence-electron chi connectivity index (χ1n) is 12.2. The van der Waals surface area contributed by atoms with Gasteiger partial charge in [-0.3, -0.25) is 19.1 Å². The minimum Gasteiger partial charge on any atom is -0.497 e. The van der Waals surface area contributed by atoms with E-state index >= 15 is 0 Å². The molecular formula is C25H35N5O5. The Labute approximate surface area is 204 Å². The molecule has 0 aliphatic rings. The number of carbonyl (C=O) groups excluding carboxylic acids is 1. The molecule has 190 valence electrons. The highest BCUT2D eigenvalue weighted by Gasteiger charge is 2.19. The van der Waals surface area contributed by atoms with Gasteiger partial charge in [0.05, 0.1) is 14.2 Å². The number of aromatic amines is 1. The number of aromatic nitrogens is 4. The average molecular weight is 486 g/mol. The summed E-state index contributed by atoms with van der Waals surface area (Å²) in [6.07, 6.45) is 5.11. The fraction of sp³-hybridized carbons (Fsp3) is 0.520. The van der Waals surface area contributed by atoms with Crippen LogP contribution in [0.3, 0.4) is 0 Å². The van der Waals surface area contributed by atoms with Crippen LogP contribution in [0.15, 0.2) is 27.8 Å². The maximum absolute atomic E-state index is 12.8. The number of carbonyl (C=O) groups is 1. The Morgan fingerprint density at radius 2 is 1.63 bits per heavy atom. The molecule has 3 aromatic rings. The van der Waals surface area contributed by atoms with Crippen molar-refractivity contribution in [2.75, 3.05) is 19.5 Å². The number of ether oxygens (including phenoxy) is 2. The lowest BCUT2D eigenvalue weighted by Crippen LogP contribution is -2.31. The molecule has 10 heteroatoms. The molecule has 0 fully saturated rings. The Kier molecular flexibility index (Phi) is 9.11. The summed E-state index contributed by atoms with van der Waals surface area (Å²) in [6.45, 7) is 5.23. The number of unbranched alkanes of at least 4 members (excludes halogenated alkanes) is 3. The van der Waals surface area contributed by atoms with Crippen LogP contribution < -0.4 is 26.0 Å². The molecule has 2 aromatic heterocycles. The highest BCUT2D eigenvalue weighted by Crippen LogP contribution is 2.26. The number of nitrogens with one attached hydrogen (secondary N) is 2. The van der Waals surface area contributed by atoms with E-state index in [1.807, 2.05) is 11.5 Å². The first kappa shape index (κ1) is 26.1. The second-order valence-electron chi connectivity index (χ2n) is 8.47. The number of amides is 1. The average Bonchev–Trinajstić information content (AvgIpc) is 3.21. The van der Waals surface area contributed by atoms with E-state index in [2.05, 4.69) is 22.2 Å². The van der Waals surface area contributed by atoms with Crippen molar-refractivity contribution in [2.45, 2.75) is 71.9 Å². The third-order valence-corrected chi connectivity index (χ3v) is 5.90. The molecule has 0 aliphatic heterocycles. The summed E-state index contributed by atoms with van der Waals surface area (Å²) in [4.78, 5) is 45.1. The van der Waals surface area contributed by atoms with E-state index in [0.717, 1.165) is 32.1 Å². The number of hydrogen-bond donors (Lipinski definition) is 2. The van der Waals surface area contributed by atoms with E-state index in [9.17, 15) is 14.4 Å². The molecule has 0 atom stereocenters. The van der Waals surface area contributed by atoms with E-state index in [0.29, 0.717) is 53.7 Å². The molecular weight excluding hydrogens is 450 g/mol. The molecule has 0 bridgehead atoms. The highest BCUT2D eigenvalue weighted by molar-refractivity contribution is 5.91. The van der Waals surface area contributed by atoms with Crippen LogP contribution in [0.2, 0.25) is 0 Å². The smallest absolute Gasteiger partial charge is 0.330 e. The van der Waals surface area contributed by atoms with Gasteiger partial charge in [0.2, 0.25) is 5.91 Å². The van der Waals surface area contributed by atoms with Crippen LogP contribution in [0.4, 0.5) is 5.69 Å². The second-order valence-corrected chi connectivity index (χ2v) is 8.47. The van der Waals surface area contributed by atoms with E-state index in [1.54, 1.807) is 32.4 Å². The number of rotatable bonds is 13. The minimum absolute atomic E-state index is 0.160. The van der Waals surface area contributed by atoms with Crippen LogP contribution in [0.5, 0.6) is 11.5 Å². The summed E-state index contributed by atoms with van der Waals surface area (Å²) in [5.41, 5.74) is 0.445. The zero-order valence-corrected chi connectivity index (χ0v) is 21.0. The third kappa shape index (κ3) is 6.32. The van der Waals surface area contributed by atoms with Crippen LogP contribution in [-0.4, -0.2) is 39.2 Å². The standard InChI is InChI=1S/C25H35N5O5/c1-5-7-9-13-29-20(27-23-22(29)24(32)28-25(33)30(23)12-8-6-2)10-11-21(31)26-17-14-18(34-3)16-19(15-17)35-4/h14-16H,5-13H2,1-4H3,(H,26,31)(H,28,32,33). The maximum Gasteiger partial charge on any atom is 0.330 e. The number of nitrogens with zero attached hydrogens (tertiary/aromatic N) is 3.